The number of unbranched alkanes of at least 4 members (excludes halogenated alkanes) is 1. The van der Waals surface area contributed by atoms with Gasteiger partial charge in [0.25, 0.3) is 5.91 Å². The van der Waals surface area contributed by atoms with Gasteiger partial charge in [0.2, 0.25) is 5.91 Å². The first-order valence-electron chi connectivity index (χ1n) is 13.5. The second kappa shape index (κ2) is 10.5. The molecule has 4 heterocycles. The van der Waals surface area contributed by atoms with Crippen LogP contribution in [0.1, 0.15) is 39.0 Å². The number of aliphatic hydroxyl groups is 1. The third-order valence-electron chi connectivity index (χ3n) is 8.19. The highest BCUT2D eigenvalue weighted by molar-refractivity contribution is 6.05. The van der Waals surface area contributed by atoms with Gasteiger partial charge in [0.05, 0.1) is 25.2 Å². The number of ether oxygens (including phenoxy) is 3. The second-order valence-corrected chi connectivity index (χ2v) is 10.6. The molecule has 38 heavy (non-hydrogen) atoms. The monoisotopic (exact) mass is 524 g/mol. The fourth-order valence-electron chi connectivity index (χ4n) is 6.43. The molecule has 1 aromatic carbocycles. The first-order valence-corrected chi connectivity index (χ1v) is 13.5. The Morgan fingerprint density at radius 2 is 1.82 bits per heavy atom. The van der Waals surface area contributed by atoms with Gasteiger partial charge in [-0.15, -0.1) is 0 Å². The van der Waals surface area contributed by atoms with Gasteiger partial charge >= 0.3 is 5.97 Å². The van der Waals surface area contributed by atoms with Crippen molar-refractivity contribution in [2.24, 2.45) is 11.8 Å². The Hall–Kier alpha value is -3.17. The predicted octanol–water partition coefficient (Wildman–Crippen LogP) is 2.62. The molecule has 5 atom stereocenters. The van der Waals surface area contributed by atoms with Crippen molar-refractivity contribution in [2.45, 2.75) is 56.3 Å². The van der Waals surface area contributed by atoms with E-state index >= 15 is 0 Å². The maximum atomic E-state index is 14.3. The minimum Gasteiger partial charge on any atom is -0.497 e. The molecule has 0 radical (unpaired) electrons. The summed E-state index contributed by atoms with van der Waals surface area (Å²) >= 11 is 0. The average Bonchev–Trinajstić information content (AvgIpc) is 3.23. The maximum Gasteiger partial charge on any atom is 0.313 e. The summed E-state index contributed by atoms with van der Waals surface area (Å²) in [5.74, 6) is -2.16. The first-order chi connectivity index (χ1) is 18.4. The van der Waals surface area contributed by atoms with Crippen molar-refractivity contribution in [3.8, 4) is 5.75 Å². The summed E-state index contributed by atoms with van der Waals surface area (Å²) in [5, 5.41) is 9.37. The topological polar surface area (TPSA) is 106 Å². The van der Waals surface area contributed by atoms with E-state index in [0.29, 0.717) is 30.8 Å². The molecule has 4 aliphatic rings. The number of hydrogen-bond donors (Lipinski definition) is 1. The van der Waals surface area contributed by atoms with Crippen LogP contribution in [-0.2, 0) is 23.9 Å². The van der Waals surface area contributed by atoms with Crippen LogP contribution in [0.4, 0.5) is 5.69 Å². The molecule has 1 spiro atoms. The normalized spacial score (nSPS) is 33.8. The average molecular weight is 525 g/mol. The Kier molecular flexibility index (Phi) is 7.33. The van der Waals surface area contributed by atoms with Crippen LogP contribution in [-0.4, -0.2) is 78.4 Å². The number of benzene rings is 1. The zero-order valence-electron chi connectivity index (χ0n) is 22.0. The van der Waals surface area contributed by atoms with E-state index in [1.807, 2.05) is 43.4 Å². The van der Waals surface area contributed by atoms with E-state index < -0.39 is 35.0 Å². The van der Waals surface area contributed by atoms with Gasteiger partial charge in [-0.05, 0) is 63.3 Å². The largest absolute Gasteiger partial charge is 0.497 e. The minimum atomic E-state index is -1.33. The number of fused-ring (bicyclic) bond motifs is 2. The van der Waals surface area contributed by atoms with Gasteiger partial charge in [-0.25, -0.2) is 0 Å². The smallest absolute Gasteiger partial charge is 0.313 e. The first kappa shape index (κ1) is 26.4. The van der Waals surface area contributed by atoms with E-state index in [4.69, 9.17) is 14.2 Å². The van der Waals surface area contributed by atoms with Crippen LogP contribution in [0.25, 0.3) is 0 Å². The summed E-state index contributed by atoms with van der Waals surface area (Å²) in [6, 6.07) is 6.23. The molecule has 1 N–H and O–H groups in total. The number of carbonyl (C=O) groups excluding carboxylic acids is 3. The molecule has 0 bridgehead atoms. The summed E-state index contributed by atoms with van der Waals surface area (Å²) in [6.07, 6.45) is 11.0. The minimum absolute atomic E-state index is 0.0125. The number of aliphatic hydroxyl groups excluding tert-OH is 1. The Labute approximate surface area is 223 Å². The molecular formula is C29H36N2O7. The Balaban J connectivity index is 1.60. The summed E-state index contributed by atoms with van der Waals surface area (Å²) in [5.41, 5.74) is -1.76. The SMILES string of the molecule is COc1ccc(N2CC=C[C@]34O[C@]5(C)/C=C\CCCCOC(=O)[C@@H]5[C@H]3C(=O)N(CCCCO)C4C2=O)cc1. The van der Waals surface area contributed by atoms with E-state index in [-0.39, 0.29) is 31.6 Å². The Morgan fingerprint density at radius 3 is 2.55 bits per heavy atom. The lowest BCUT2D eigenvalue weighted by molar-refractivity contribution is -0.158. The van der Waals surface area contributed by atoms with Crippen molar-refractivity contribution in [1.29, 1.82) is 0 Å². The van der Waals surface area contributed by atoms with Crippen LogP contribution in [0, 0.1) is 11.8 Å². The van der Waals surface area contributed by atoms with Crippen LogP contribution < -0.4 is 9.64 Å². The molecule has 2 saturated heterocycles. The Morgan fingerprint density at radius 1 is 1.03 bits per heavy atom. The zero-order valence-corrected chi connectivity index (χ0v) is 22.0. The summed E-state index contributed by atoms with van der Waals surface area (Å²) < 4.78 is 17.7. The number of cyclic esters (lactones) is 1. The number of rotatable bonds is 6. The van der Waals surface area contributed by atoms with Gasteiger partial charge < -0.3 is 29.1 Å². The molecule has 1 unspecified atom stereocenters. The molecule has 2 amide bonds. The van der Waals surface area contributed by atoms with E-state index in [9.17, 15) is 19.5 Å². The molecular weight excluding hydrogens is 488 g/mol. The van der Waals surface area contributed by atoms with Gasteiger partial charge in [0, 0.05) is 25.4 Å². The molecule has 9 heteroatoms. The van der Waals surface area contributed by atoms with Crippen molar-refractivity contribution in [2.75, 3.05) is 38.3 Å². The van der Waals surface area contributed by atoms with E-state index in [1.54, 1.807) is 29.0 Å². The van der Waals surface area contributed by atoms with Crippen molar-refractivity contribution in [3.05, 3.63) is 48.6 Å². The van der Waals surface area contributed by atoms with Gasteiger partial charge in [0.15, 0.2) is 0 Å². The van der Waals surface area contributed by atoms with Gasteiger partial charge in [-0.1, -0.05) is 24.3 Å². The molecule has 204 valence electrons. The van der Waals surface area contributed by atoms with E-state index in [2.05, 4.69) is 0 Å². The summed E-state index contributed by atoms with van der Waals surface area (Å²) in [4.78, 5) is 45.2. The summed E-state index contributed by atoms with van der Waals surface area (Å²) in [6.45, 7) is 2.66. The highest BCUT2D eigenvalue weighted by Gasteiger charge is 2.74. The third-order valence-corrected chi connectivity index (χ3v) is 8.19. The van der Waals surface area contributed by atoms with E-state index in [1.165, 1.54) is 0 Å². The zero-order chi connectivity index (χ0) is 26.9. The van der Waals surface area contributed by atoms with Crippen molar-refractivity contribution in [1.82, 2.24) is 4.90 Å². The standard InChI is InChI=1S/C29H36N2O7/c1-28-14-5-3-4-8-19-37-27(35)23(28)22-25(33)31(16-6-7-18-32)24-26(34)30(17-9-15-29(22,24)38-28)20-10-12-21(36-2)13-11-20/h5,9-15,22-24,32H,3-4,6-8,16-19H2,1-2H3/b14-5-/t22-,23-,24?,28+,29-/m0/s1. The van der Waals surface area contributed by atoms with Crippen molar-refractivity contribution >= 4 is 23.5 Å². The summed E-state index contributed by atoms with van der Waals surface area (Å²) in [7, 11) is 1.58. The highest BCUT2D eigenvalue weighted by Crippen LogP contribution is 2.57. The number of nitrogens with zero attached hydrogens (tertiary/aromatic N) is 2. The van der Waals surface area contributed by atoms with Gasteiger partial charge in [-0.3, -0.25) is 14.4 Å². The predicted molar refractivity (Wildman–Crippen MR) is 139 cm³/mol. The lowest BCUT2D eigenvalue weighted by Gasteiger charge is -2.37. The number of methoxy groups -OCH3 is 1. The van der Waals surface area contributed by atoms with Crippen LogP contribution >= 0.6 is 0 Å². The number of likely N-dealkylation sites (tertiary alicyclic amines) is 1. The fourth-order valence-corrected chi connectivity index (χ4v) is 6.43. The highest BCUT2D eigenvalue weighted by atomic mass is 16.6. The lowest BCUT2D eigenvalue weighted by Crippen LogP contribution is -2.56. The van der Waals surface area contributed by atoms with Crippen LogP contribution in [0.2, 0.25) is 0 Å². The van der Waals surface area contributed by atoms with Gasteiger partial charge in [0.1, 0.15) is 23.3 Å². The van der Waals surface area contributed by atoms with Crippen molar-refractivity contribution < 1.29 is 33.7 Å². The molecule has 1 aromatic rings. The molecule has 0 aromatic heterocycles. The quantitative estimate of drug-likeness (QED) is 0.347. The number of allylic oxidation sites excluding steroid dienone is 1. The number of amides is 2. The van der Waals surface area contributed by atoms with Crippen LogP contribution in [0.5, 0.6) is 5.75 Å². The molecule has 5 rings (SSSR count). The third kappa shape index (κ3) is 4.31. The molecule has 9 nitrogen and oxygen atoms in total. The van der Waals surface area contributed by atoms with Crippen LogP contribution in [0.3, 0.4) is 0 Å². The molecule has 4 aliphatic heterocycles. The number of hydrogen-bond acceptors (Lipinski definition) is 7. The molecule has 2 fully saturated rings. The number of carbonyl (C=O) groups is 3. The molecule has 0 aliphatic carbocycles. The Bertz CT molecular complexity index is 1130. The molecule has 0 saturated carbocycles. The maximum absolute atomic E-state index is 14.3. The van der Waals surface area contributed by atoms with Gasteiger partial charge in [-0.2, -0.15) is 0 Å². The van der Waals surface area contributed by atoms with Crippen molar-refractivity contribution in [3.63, 3.8) is 0 Å². The van der Waals surface area contributed by atoms with Crippen LogP contribution in [0.15, 0.2) is 48.6 Å². The number of anilines is 1. The number of esters is 1. The lowest BCUT2D eigenvalue weighted by atomic mass is 9.74. The fraction of sp³-hybridized carbons (Fsp3) is 0.552. The van der Waals surface area contributed by atoms with E-state index in [0.717, 1.165) is 19.3 Å². The second-order valence-electron chi connectivity index (χ2n) is 10.6.